The maximum Gasteiger partial charge on any atom is 0.308 e. The van der Waals surface area contributed by atoms with Crippen LogP contribution in [0.2, 0.25) is 0 Å². The molecule has 0 aromatic rings. The minimum absolute atomic E-state index is 0.0415. The smallest absolute Gasteiger partial charge is 0.308 e. The van der Waals surface area contributed by atoms with Gasteiger partial charge >= 0.3 is 11.9 Å². The summed E-state index contributed by atoms with van der Waals surface area (Å²) in [6.45, 7) is 12.7. The van der Waals surface area contributed by atoms with E-state index < -0.39 is 5.97 Å². The Morgan fingerprint density at radius 1 is 1.20 bits per heavy atom. The minimum atomic E-state index is -0.710. The largest absolute Gasteiger partial charge is 0.481 e. The first-order chi connectivity index (χ1) is 14.1. The standard InChI is InChI=1S/C26H42O4/c1-7-19(5)26(29)30-23-14-18(4)13-21-10-9-20(6)22(25(21)23)11-8-16(2)12-17(3)15-24(27)28/h9-10,13,16-20,22-23,25H,7-8,11-12,14-15H2,1-6H3,(H,27,28)/t16?,17-,18-,19+,20+,22+,23+,25+/m1/s1. The van der Waals surface area contributed by atoms with Crippen molar-refractivity contribution < 1.29 is 19.4 Å². The van der Waals surface area contributed by atoms with Crippen molar-refractivity contribution in [1.29, 1.82) is 0 Å². The number of esters is 1. The summed E-state index contributed by atoms with van der Waals surface area (Å²) in [6, 6.07) is 0. The number of fused-ring (bicyclic) bond motifs is 1. The van der Waals surface area contributed by atoms with Gasteiger partial charge in [-0.2, -0.15) is 0 Å². The van der Waals surface area contributed by atoms with Crippen LogP contribution in [0, 0.1) is 41.4 Å². The van der Waals surface area contributed by atoms with E-state index in [0.717, 1.165) is 32.1 Å². The molecule has 0 aliphatic heterocycles. The highest BCUT2D eigenvalue weighted by molar-refractivity contribution is 5.72. The molecule has 0 amide bonds. The number of carbonyl (C=O) groups excluding carboxylic acids is 1. The maximum atomic E-state index is 12.6. The van der Waals surface area contributed by atoms with Gasteiger partial charge in [0.2, 0.25) is 0 Å². The summed E-state index contributed by atoms with van der Waals surface area (Å²) in [7, 11) is 0. The second-order valence-corrected chi connectivity index (χ2v) is 10.2. The van der Waals surface area contributed by atoms with Gasteiger partial charge in [-0.05, 0) is 60.8 Å². The predicted molar refractivity (Wildman–Crippen MR) is 121 cm³/mol. The minimum Gasteiger partial charge on any atom is -0.481 e. The molecule has 0 saturated heterocycles. The van der Waals surface area contributed by atoms with Gasteiger partial charge < -0.3 is 9.84 Å². The monoisotopic (exact) mass is 418 g/mol. The molecular weight excluding hydrogens is 376 g/mol. The van der Waals surface area contributed by atoms with Crippen LogP contribution in [0.25, 0.3) is 0 Å². The van der Waals surface area contributed by atoms with E-state index in [-0.39, 0.29) is 36.2 Å². The fourth-order valence-corrected chi connectivity index (χ4v) is 5.32. The zero-order valence-electron chi connectivity index (χ0n) is 19.8. The van der Waals surface area contributed by atoms with Gasteiger partial charge in [-0.3, -0.25) is 9.59 Å². The highest BCUT2D eigenvalue weighted by atomic mass is 16.5. The van der Waals surface area contributed by atoms with Crippen LogP contribution >= 0.6 is 0 Å². The van der Waals surface area contributed by atoms with E-state index in [9.17, 15) is 9.59 Å². The molecule has 0 spiro atoms. The summed E-state index contributed by atoms with van der Waals surface area (Å²) in [5.41, 5.74) is 1.34. The molecule has 0 radical (unpaired) electrons. The predicted octanol–water partition coefficient (Wildman–Crippen LogP) is 6.27. The first-order valence-corrected chi connectivity index (χ1v) is 11.9. The molecule has 8 atom stereocenters. The van der Waals surface area contributed by atoms with E-state index in [2.05, 4.69) is 39.0 Å². The molecule has 0 bridgehead atoms. The molecule has 0 heterocycles. The molecule has 170 valence electrons. The quantitative estimate of drug-likeness (QED) is 0.425. The number of carboxylic acid groups (broad SMARTS) is 1. The van der Waals surface area contributed by atoms with Crippen LogP contribution in [0.5, 0.6) is 0 Å². The van der Waals surface area contributed by atoms with Gasteiger partial charge in [0, 0.05) is 12.3 Å². The zero-order chi connectivity index (χ0) is 22.4. The lowest BCUT2D eigenvalue weighted by Crippen LogP contribution is -2.41. The SMILES string of the molecule is CC[C@H](C)C(=O)O[C@H]1C[C@H](C)C=C2C=C[C@H](C)[C@H](CCC(C)C[C@@H](C)CC(=O)O)[C@H]21. The van der Waals surface area contributed by atoms with Crippen LogP contribution in [-0.4, -0.2) is 23.1 Å². The summed E-state index contributed by atoms with van der Waals surface area (Å²) in [4.78, 5) is 23.5. The highest BCUT2D eigenvalue weighted by Crippen LogP contribution is 2.45. The highest BCUT2D eigenvalue weighted by Gasteiger charge is 2.41. The molecule has 4 nitrogen and oxygen atoms in total. The van der Waals surface area contributed by atoms with Crippen molar-refractivity contribution in [2.45, 2.75) is 86.2 Å². The Morgan fingerprint density at radius 2 is 1.90 bits per heavy atom. The zero-order valence-corrected chi connectivity index (χ0v) is 19.8. The van der Waals surface area contributed by atoms with Crippen molar-refractivity contribution in [2.24, 2.45) is 41.4 Å². The van der Waals surface area contributed by atoms with Crippen molar-refractivity contribution >= 4 is 11.9 Å². The molecule has 4 heteroatoms. The van der Waals surface area contributed by atoms with Crippen molar-refractivity contribution in [1.82, 2.24) is 0 Å². The number of hydrogen-bond acceptors (Lipinski definition) is 3. The van der Waals surface area contributed by atoms with Crippen LogP contribution < -0.4 is 0 Å². The van der Waals surface area contributed by atoms with Gasteiger partial charge in [-0.1, -0.05) is 66.2 Å². The first kappa shape index (κ1) is 24.7. The average molecular weight is 419 g/mol. The van der Waals surface area contributed by atoms with E-state index in [4.69, 9.17) is 9.84 Å². The van der Waals surface area contributed by atoms with Crippen LogP contribution in [0.15, 0.2) is 23.8 Å². The number of allylic oxidation sites excluding steroid dienone is 3. The molecule has 2 aliphatic carbocycles. The third kappa shape index (κ3) is 6.72. The Balaban J connectivity index is 2.09. The molecule has 1 N–H and O–H groups in total. The van der Waals surface area contributed by atoms with Crippen LogP contribution in [-0.2, 0) is 14.3 Å². The van der Waals surface area contributed by atoms with Gasteiger partial charge in [0.15, 0.2) is 0 Å². The maximum absolute atomic E-state index is 12.6. The molecular formula is C26H42O4. The third-order valence-electron chi connectivity index (χ3n) is 7.20. The molecule has 0 fully saturated rings. The summed E-state index contributed by atoms with van der Waals surface area (Å²) in [5, 5.41) is 9.02. The Morgan fingerprint density at radius 3 is 2.53 bits per heavy atom. The fraction of sp³-hybridized carbons (Fsp3) is 0.769. The second kappa shape index (κ2) is 11.2. The number of carbonyl (C=O) groups is 2. The fourth-order valence-electron chi connectivity index (χ4n) is 5.32. The van der Waals surface area contributed by atoms with Crippen molar-refractivity contribution in [3.8, 4) is 0 Å². The Labute approximate surface area is 183 Å². The van der Waals surface area contributed by atoms with Crippen molar-refractivity contribution in [2.75, 3.05) is 0 Å². The van der Waals surface area contributed by atoms with Crippen LogP contribution in [0.3, 0.4) is 0 Å². The third-order valence-corrected chi connectivity index (χ3v) is 7.20. The molecule has 30 heavy (non-hydrogen) atoms. The normalized spacial score (nSPS) is 31.3. The lowest BCUT2D eigenvalue weighted by molar-refractivity contribution is -0.158. The average Bonchev–Trinajstić information content (AvgIpc) is 2.65. The summed E-state index contributed by atoms with van der Waals surface area (Å²) in [5.74, 6) is 1.48. The van der Waals surface area contributed by atoms with Gasteiger partial charge in [-0.25, -0.2) is 0 Å². The Bertz CT molecular complexity index is 649. The van der Waals surface area contributed by atoms with Gasteiger partial charge in [0.1, 0.15) is 6.10 Å². The first-order valence-electron chi connectivity index (χ1n) is 11.9. The van der Waals surface area contributed by atoms with E-state index in [1.165, 1.54) is 5.57 Å². The van der Waals surface area contributed by atoms with Gasteiger partial charge in [0.05, 0.1) is 5.92 Å². The molecule has 0 aromatic heterocycles. The van der Waals surface area contributed by atoms with E-state index in [1.807, 2.05) is 20.8 Å². The van der Waals surface area contributed by atoms with Crippen LogP contribution in [0.4, 0.5) is 0 Å². The lowest BCUT2D eigenvalue weighted by Gasteiger charge is -2.43. The van der Waals surface area contributed by atoms with E-state index >= 15 is 0 Å². The number of hydrogen-bond donors (Lipinski definition) is 1. The molecule has 2 rings (SSSR count). The summed E-state index contributed by atoms with van der Waals surface area (Å²) < 4.78 is 6.10. The molecule has 0 saturated carbocycles. The Kier molecular flexibility index (Phi) is 9.18. The van der Waals surface area contributed by atoms with E-state index in [0.29, 0.717) is 23.7 Å². The van der Waals surface area contributed by atoms with Gasteiger partial charge in [0.25, 0.3) is 0 Å². The topological polar surface area (TPSA) is 63.6 Å². The Hall–Kier alpha value is -1.58. The number of rotatable bonds is 10. The lowest BCUT2D eigenvalue weighted by atomic mass is 9.65. The van der Waals surface area contributed by atoms with Crippen molar-refractivity contribution in [3.05, 3.63) is 23.8 Å². The van der Waals surface area contributed by atoms with E-state index in [1.54, 1.807) is 0 Å². The number of carboxylic acids is 1. The van der Waals surface area contributed by atoms with Gasteiger partial charge in [-0.15, -0.1) is 0 Å². The molecule has 2 aliphatic rings. The van der Waals surface area contributed by atoms with Crippen LogP contribution in [0.1, 0.15) is 80.1 Å². The van der Waals surface area contributed by atoms with Crippen molar-refractivity contribution in [3.63, 3.8) is 0 Å². The summed E-state index contributed by atoms with van der Waals surface area (Å²) >= 11 is 0. The summed E-state index contributed by atoms with van der Waals surface area (Å²) in [6.07, 6.45) is 12.0. The molecule has 0 aromatic carbocycles. The second-order valence-electron chi connectivity index (χ2n) is 10.2. The number of aliphatic carboxylic acids is 1. The molecule has 1 unspecified atom stereocenters. The number of ether oxygens (including phenoxy) is 1.